The van der Waals surface area contributed by atoms with E-state index >= 15 is 0 Å². The molecule has 0 radical (unpaired) electrons. The van der Waals surface area contributed by atoms with Crippen LogP contribution in [0.25, 0.3) is 0 Å². The van der Waals surface area contributed by atoms with Crippen molar-refractivity contribution in [3.05, 3.63) is 24.7 Å². The highest BCUT2D eigenvalue weighted by Gasteiger charge is 1.90. The molecule has 78 valence electrons. The first-order chi connectivity index (χ1) is 6.04. The molecule has 5 heteroatoms. The Bertz CT molecular complexity index is 127. The van der Waals surface area contributed by atoms with E-state index in [2.05, 4.69) is 17.9 Å². The maximum atomic E-state index is 8.43. The van der Waals surface area contributed by atoms with Gasteiger partial charge in [-0.15, -0.1) is 0 Å². The summed E-state index contributed by atoms with van der Waals surface area (Å²) in [6.07, 6.45) is 0. The van der Waals surface area contributed by atoms with Gasteiger partial charge >= 0.3 is 0 Å². The van der Waals surface area contributed by atoms with E-state index in [1.165, 1.54) is 0 Å². The average Bonchev–Trinajstić information content (AvgIpc) is 2.03. The Morgan fingerprint density at radius 3 is 1.38 bits per heavy atom. The first-order valence-electron chi connectivity index (χ1n) is 3.57. The van der Waals surface area contributed by atoms with Crippen LogP contribution in [-0.2, 0) is 4.74 Å². The molecule has 0 fully saturated rings. The first-order valence-corrected chi connectivity index (χ1v) is 3.57. The van der Waals surface area contributed by atoms with E-state index in [0.29, 0.717) is 0 Å². The highest BCUT2D eigenvalue weighted by Crippen LogP contribution is 1.87. The van der Waals surface area contributed by atoms with Gasteiger partial charge in [-0.1, -0.05) is 13.2 Å². The lowest BCUT2D eigenvalue weighted by atomic mass is 10.6. The zero-order valence-electron chi connectivity index (χ0n) is 7.44. The lowest BCUT2D eigenvalue weighted by molar-refractivity contribution is 0.124. The predicted molar refractivity (Wildman–Crippen MR) is 48.5 cm³/mol. The molecular formula is C8H16O5. The third-order valence-electron chi connectivity index (χ3n) is 0.637. The van der Waals surface area contributed by atoms with Crippen LogP contribution in [0.5, 0.6) is 0 Å². The molecule has 0 aromatic heterocycles. The lowest BCUT2D eigenvalue weighted by Crippen LogP contribution is -1.99. The Kier molecular flexibility index (Phi) is 12.2. The molecule has 0 bridgehead atoms. The fourth-order valence-corrected chi connectivity index (χ4v) is 0.287. The van der Waals surface area contributed by atoms with Gasteiger partial charge in [0.05, 0.1) is 13.2 Å². The Hall–Kier alpha value is -1.04. The molecule has 0 saturated heterocycles. The van der Waals surface area contributed by atoms with E-state index in [-0.39, 0.29) is 37.9 Å². The van der Waals surface area contributed by atoms with Crippen molar-refractivity contribution in [3.63, 3.8) is 0 Å². The molecule has 4 N–H and O–H groups in total. The van der Waals surface area contributed by atoms with Gasteiger partial charge in [0.2, 0.25) is 0 Å². The Morgan fingerprint density at radius 2 is 1.23 bits per heavy atom. The van der Waals surface area contributed by atoms with Crippen LogP contribution in [0.3, 0.4) is 0 Å². The molecule has 0 amide bonds. The number of hydrogen-bond donors (Lipinski definition) is 4. The smallest absolute Gasteiger partial charge is 0.111 e. The molecule has 13 heavy (non-hydrogen) atoms. The Balaban J connectivity index is 0. The van der Waals surface area contributed by atoms with Crippen molar-refractivity contribution < 1.29 is 25.2 Å². The van der Waals surface area contributed by atoms with Gasteiger partial charge in [0.25, 0.3) is 0 Å². The SMILES string of the molecule is C=C(O)COCC(=C)O.OCCO. The lowest BCUT2D eigenvalue weighted by Gasteiger charge is -1.99. The van der Waals surface area contributed by atoms with Crippen LogP contribution in [0.4, 0.5) is 0 Å². The first kappa shape index (κ1) is 14.5. The van der Waals surface area contributed by atoms with E-state index in [9.17, 15) is 0 Å². The van der Waals surface area contributed by atoms with Crippen LogP contribution in [0.1, 0.15) is 0 Å². The van der Waals surface area contributed by atoms with Crippen molar-refractivity contribution in [2.24, 2.45) is 0 Å². The molecule has 0 aliphatic rings. The predicted octanol–water partition coefficient (Wildman–Crippen LogP) is 0.117. The zero-order valence-corrected chi connectivity index (χ0v) is 7.44. The topological polar surface area (TPSA) is 90.2 Å². The fraction of sp³-hybridized carbons (Fsp3) is 0.500. The normalized spacial score (nSPS) is 8.46. The highest BCUT2D eigenvalue weighted by molar-refractivity contribution is 4.81. The maximum Gasteiger partial charge on any atom is 0.111 e. The molecule has 0 saturated carbocycles. The van der Waals surface area contributed by atoms with Crippen molar-refractivity contribution in [1.82, 2.24) is 0 Å². The van der Waals surface area contributed by atoms with E-state index in [1.807, 2.05) is 0 Å². The highest BCUT2D eigenvalue weighted by atomic mass is 16.5. The van der Waals surface area contributed by atoms with Crippen LogP contribution in [0.15, 0.2) is 24.7 Å². The number of aliphatic hydroxyl groups is 4. The second kappa shape index (κ2) is 11.0. The van der Waals surface area contributed by atoms with E-state index in [4.69, 9.17) is 20.4 Å². The van der Waals surface area contributed by atoms with Crippen molar-refractivity contribution in [1.29, 1.82) is 0 Å². The molecule has 5 nitrogen and oxygen atoms in total. The van der Waals surface area contributed by atoms with Crippen molar-refractivity contribution in [2.45, 2.75) is 0 Å². The van der Waals surface area contributed by atoms with E-state index in [1.54, 1.807) is 0 Å². The van der Waals surface area contributed by atoms with Gasteiger partial charge in [0.1, 0.15) is 24.7 Å². The van der Waals surface area contributed by atoms with Crippen molar-refractivity contribution >= 4 is 0 Å². The monoisotopic (exact) mass is 192 g/mol. The van der Waals surface area contributed by atoms with Crippen LogP contribution in [0.2, 0.25) is 0 Å². The molecule has 0 aliphatic carbocycles. The van der Waals surface area contributed by atoms with Gasteiger partial charge in [0, 0.05) is 0 Å². The minimum atomic E-state index is -0.125. The van der Waals surface area contributed by atoms with E-state index in [0.717, 1.165) is 0 Å². The zero-order chi connectivity index (χ0) is 10.7. The van der Waals surface area contributed by atoms with Gasteiger partial charge < -0.3 is 25.2 Å². The van der Waals surface area contributed by atoms with Gasteiger partial charge in [-0.25, -0.2) is 0 Å². The molecule has 0 aromatic rings. The largest absolute Gasteiger partial charge is 0.510 e. The summed E-state index contributed by atoms with van der Waals surface area (Å²) in [6, 6.07) is 0. The Labute approximate surface area is 77.2 Å². The molecule has 0 unspecified atom stereocenters. The Morgan fingerprint density at radius 1 is 0.923 bits per heavy atom. The average molecular weight is 192 g/mol. The van der Waals surface area contributed by atoms with Crippen molar-refractivity contribution in [2.75, 3.05) is 26.4 Å². The summed E-state index contributed by atoms with van der Waals surface area (Å²) < 4.78 is 4.66. The number of aliphatic hydroxyl groups excluding tert-OH is 4. The van der Waals surface area contributed by atoms with Gasteiger partial charge in [-0.05, 0) is 0 Å². The third kappa shape index (κ3) is 24.8. The minimum absolute atomic E-state index is 0.0412. The molecule has 0 atom stereocenters. The number of rotatable bonds is 5. The summed E-state index contributed by atoms with van der Waals surface area (Å²) in [7, 11) is 0. The number of hydrogen-bond acceptors (Lipinski definition) is 5. The molecule has 0 spiro atoms. The van der Waals surface area contributed by atoms with Gasteiger partial charge in [-0.2, -0.15) is 0 Å². The molecule has 0 aromatic carbocycles. The van der Waals surface area contributed by atoms with Crippen molar-refractivity contribution in [3.8, 4) is 0 Å². The quantitative estimate of drug-likeness (QED) is 0.464. The van der Waals surface area contributed by atoms with Crippen LogP contribution < -0.4 is 0 Å². The summed E-state index contributed by atoms with van der Waals surface area (Å²) in [4.78, 5) is 0. The molecule has 0 aliphatic heterocycles. The minimum Gasteiger partial charge on any atom is -0.510 e. The van der Waals surface area contributed by atoms with Crippen LogP contribution in [-0.4, -0.2) is 46.9 Å². The summed E-state index contributed by atoms with van der Waals surface area (Å²) in [5.74, 6) is -0.118. The summed E-state index contributed by atoms with van der Waals surface area (Å²) in [5, 5.41) is 32.1. The summed E-state index contributed by atoms with van der Waals surface area (Å²) >= 11 is 0. The maximum absolute atomic E-state index is 8.43. The standard InChI is InChI=1S/C6H10O3.C2H6O2/c1-5(7)3-9-4-6(2)8;3-1-2-4/h7-8H,1-4H2;3-4H,1-2H2. The van der Waals surface area contributed by atoms with Gasteiger partial charge in [0.15, 0.2) is 0 Å². The molecule has 0 heterocycles. The molecule has 0 rings (SSSR count). The van der Waals surface area contributed by atoms with Crippen LogP contribution >= 0.6 is 0 Å². The second-order valence-corrected chi connectivity index (χ2v) is 2.07. The fourth-order valence-electron chi connectivity index (χ4n) is 0.287. The third-order valence-corrected chi connectivity index (χ3v) is 0.637. The summed E-state index contributed by atoms with van der Waals surface area (Å²) in [5.41, 5.74) is 0. The summed E-state index contributed by atoms with van der Waals surface area (Å²) in [6.45, 7) is 6.17. The number of ether oxygens (including phenoxy) is 1. The van der Waals surface area contributed by atoms with Gasteiger partial charge in [-0.3, -0.25) is 0 Å². The molecular weight excluding hydrogens is 176 g/mol. The van der Waals surface area contributed by atoms with E-state index < -0.39 is 0 Å². The second-order valence-electron chi connectivity index (χ2n) is 2.07. The van der Waals surface area contributed by atoms with Crippen LogP contribution in [0, 0.1) is 0 Å².